The first-order valence-electron chi connectivity index (χ1n) is 10.2. The van der Waals surface area contributed by atoms with E-state index in [-0.39, 0.29) is 11.8 Å². The average molecular weight is 417 g/mol. The molecule has 0 aliphatic rings. The lowest BCUT2D eigenvalue weighted by Crippen LogP contribution is -2.19. The van der Waals surface area contributed by atoms with Gasteiger partial charge < -0.3 is 14.6 Å². The summed E-state index contributed by atoms with van der Waals surface area (Å²) < 4.78 is 11.2. The molecule has 1 atom stereocenters. The largest absolute Gasteiger partial charge is 0.505 e. The highest BCUT2D eigenvalue weighted by atomic mass is 16.5. The number of nitrogens with one attached hydrogen (secondary N) is 2. The summed E-state index contributed by atoms with van der Waals surface area (Å²) in [5.41, 5.74) is 3.33. The Labute approximate surface area is 181 Å². The van der Waals surface area contributed by atoms with Gasteiger partial charge in [0, 0.05) is 28.8 Å². The van der Waals surface area contributed by atoms with Gasteiger partial charge in [0.1, 0.15) is 17.3 Å². The topological polar surface area (TPSA) is 77.8 Å². The van der Waals surface area contributed by atoms with Crippen molar-refractivity contribution in [3.63, 3.8) is 0 Å². The van der Waals surface area contributed by atoms with Crippen molar-refractivity contribution < 1.29 is 19.6 Å². The summed E-state index contributed by atoms with van der Waals surface area (Å²) in [6.45, 7) is 4.49. The number of ether oxygens (including phenoxy) is 2. The molecule has 2 aromatic carbocycles. The van der Waals surface area contributed by atoms with Crippen LogP contribution in [-0.2, 0) is 0 Å². The van der Waals surface area contributed by atoms with Crippen molar-refractivity contribution in [2.24, 2.45) is 0 Å². The first-order valence-corrected chi connectivity index (χ1v) is 10.2. The first kappa shape index (κ1) is 20.5. The fraction of sp³-hybridized carbons (Fsp3) is 0.200. The molecule has 0 bridgehead atoms. The number of nitrogens with zero attached hydrogens (tertiary/aromatic N) is 1. The standard InChI is InChI=1S/C25H25N3O3/c1-4-31-21-15-18(8-10-20(21)30-3)23(28-22-14-16(2)11-13-26-22)19-9-7-17-6-5-12-27-24(17)25(19)29/h5-15,23,29H,4H2,1-3H3,(H,26,28)/p+1/t23-/m1/s1. The molecule has 0 unspecified atom stereocenters. The molecule has 0 saturated carbocycles. The van der Waals surface area contributed by atoms with E-state index in [1.807, 2.05) is 74.6 Å². The highest BCUT2D eigenvalue weighted by Crippen LogP contribution is 2.38. The molecule has 0 aliphatic carbocycles. The second-order valence-electron chi connectivity index (χ2n) is 7.28. The summed E-state index contributed by atoms with van der Waals surface area (Å²) in [6.07, 6.45) is 3.57. The number of aromatic hydroxyl groups is 1. The molecule has 2 heterocycles. The number of benzene rings is 2. The highest BCUT2D eigenvalue weighted by Gasteiger charge is 2.25. The monoisotopic (exact) mass is 416 g/mol. The minimum absolute atomic E-state index is 0.150. The molecule has 6 nitrogen and oxygen atoms in total. The number of anilines is 1. The van der Waals surface area contributed by atoms with Crippen LogP contribution >= 0.6 is 0 Å². The smallest absolute Gasteiger partial charge is 0.273 e. The third-order valence-electron chi connectivity index (χ3n) is 5.17. The molecule has 158 valence electrons. The van der Waals surface area contributed by atoms with Crippen LogP contribution in [0.4, 0.5) is 5.82 Å². The molecule has 0 radical (unpaired) electrons. The third-order valence-corrected chi connectivity index (χ3v) is 5.17. The number of phenolic OH excluding ortho intramolecular Hbond substituents is 1. The van der Waals surface area contributed by atoms with Gasteiger partial charge in [0.25, 0.3) is 5.82 Å². The Morgan fingerprint density at radius 2 is 1.97 bits per heavy atom. The second-order valence-corrected chi connectivity index (χ2v) is 7.28. The fourth-order valence-corrected chi connectivity index (χ4v) is 3.68. The molecule has 6 heteroatoms. The van der Waals surface area contributed by atoms with Gasteiger partial charge in [-0.05, 0) is 49.7 Å². The van der Waals surface area contributed by atoms with Gasteiger partial charge in [-0.3, -0.25) is 10.3 Å². The zero-order valence-electron chi connectivity index (χ0n) is 17.8. The first-order chi connectivity index (χ1) is 15.1. The Bertz CT molecular complexity index is 1210. The van der Waals surface area contributed by atoms with Crippen molar-refractivity contribution in [1.82, 2.24) is 4.98 Å². The van der Waals surface area contributed by atoms with Crippen molar-refractivity contribution in [2.45, 2.75) is 19.9 Å². The number of aryl methyl sites for hydroxylation is 1. The molecule has 4 aromatic rings. The minimum atomic E-state index is -0.352. The van der Waals surface area contributed by atoms with Gasteiger partial charge in [-0.25, -0.2) is 4.98 Å². The second kappa shape index (κ2) is 8.92. The summed E-state index contributed by atoms with van der Waals surface area (Å²) in [5, 5.41) is 15.5. The maximum atomic E-state index is 11.1. The van der Waals surface area contributed by atoms with E-state index in [2.05, 4.69) is 15.3 Å². The Morgan fingerprint density at radius 3 is 2.74 bits per heavy atom. The SMILES string of the molecule is CCOc1cc([C@@H](Nc2cc(C)cc[nH+]2)c2ccc3cccnc3c2O)ccc1OC. The lowest BCUT2D eigenvalue weighted by Gasteiger charge is -2.19. The van der Waals surface area contributed by atoms with Gasteiger partial charge in [0.15, 0.2) is 11.5 Å². The Hall–Kier alpha value is -3.80. The molecule has 3 N–H and O–H groups in total. The lowest BCUT2D eigenvalue weighted by molar-refractivity contribution is -0.361. The van der Waals surface area contributed by atoms with Crippen LogP contribution in [0.25, 0.3) is 10.9 Å². The molecule has 0 fully saturated rings. The summed E-state index contributed by atoms with van der Waals surface area (Å²) in [4.78, 5) is 7.62. The van der Waals surface area contributed by atoms with Crippen LogP contribution in [0.5, 0.6) is 17.2 Å². The lowest BCUT2D eigenvalue weighted by atomic mass is 9.95. The molecular weight excluding hydrogens is 390 g/mol. The van der Waals surface area contributed by atoms with E-state index < -0.39 is 0 Å². The Kier molecular flexibility index (Phi) is 5.89. The minimum Gasteiger partial charge on any atom is -0.505 e. The summed E-state index contributed by atoms with van der Waals surface area (Å²) in [5.74, 6) is 2.30. The number of hydrogen-bond donors (Lipinski definition) is 2. The van der Waals surface area contributed by atoms with Crippen LogP contribution in [0.3, 0.4) is 0 Å². The number of hydrogen-bond acceptors (Lipinski definition) is 5. The summed E-state index contributed by atoms with van der Waals surface area (Å²) in [6, 6.07) is 17.2. The normalized spacial score (nSPS) is 11.8. The van der Waals surface area contributed by atoms with Crippen molar-refractivity contribution >= 4 is 16.7 Å². The maximum absolute atomic E-state index is 11.1. The predicted molar refractivity (Wildman–Crippen MR) is 121 cm³/mol. The molecule has 0 saturated heterocycles. The van der Waals surface area contributed by atoms with Gasteiger partial charge >= 0.3 is 0 Å². The molecule has 0 spiro atoms. The summed E-state index contributed by atoms with van der Waals surface area (Å²) in [7, 11) is 1.62. The number of pyridine rings is 2. The predicted octanol–water partition coefficient (Wildman–Crippen LogP) is 4.67. The van der Waals surface area contributed by atoms with E-state index >= 15 is 0 Å². The van der Waals surface area contributed by atoms with Crippen LogP contribution in [0.15, 0.2) is 67.0 Å². The zero-order chi connectivity index (χ0) is 21.8. The molecule has 31 heavy (non-hydrogen) atoms. The average Bonchev–Trinajstić information content (AvgIpc) is 2.78. The number of aromatic nitrogens is 2. The van der Waals surface area contributed by atoms with Gasteiger partial charge in [0.05, 0.1) is 19.9 Å². The Balaban J connectivity index is 1.86. The number of rotatable bonds is 7. The third kappa shape index (κ3) is 4.23. The molecule has 0 amide bonds. The number of H-pyrrole nitrogens is 1. The molecular formula is C25H26N3O3+. The summed E-state index contributed by atoms with van der Waals surface area (Å²) >= 11 is 0. The fourth-order valence-electron chi connectivity index (χ4n) is 3.68. The quantitative estimate of drug-likeness (QED) is 0.458. The van der Waals surface area contributed by atoms with E-state index in [0.29, 0.717) is 29.2 Å². The van der Waals surface area contributed by atoms with E-state index in [0.717, 1.165) is 22.3 Å². The van der Waals surface area contributed by atoms with Gasteiger partial charge in [-0.15, -0.1) is 0 Å². The molecule has 2 aromatic heterocycles. The van der Waals surface area contributed by atoms with Gasteiger partial charge in [0.2, 0.25) is 0 Å². The number of aromatic amines is 1. The number of methoxy groups -OCH3 is 1. The van der Waals surface area contributed by atoms with Crippen molar-refractivity contribution in [2.75, 3.05) is 19.0 Å². The van der Waals surface area contributed by atoms with Crippen molar-refractivity contribution in [1.29, 1.82) is 0 Å². The maximum Gasteiger partial charge on any atom is 0.273 e. The molecule has 0 aliphatic heterocycles. The van der Waals surface area contributed by atoms with E-state index in [9.17, 15) is 5.11 Å². The van der Waals surface area contributed by atoms with E-state index in [1.165, 1.54) is 0 Å². The van der Waals surface area contributed by atoms with Crippen LogP contribution < -0.4 is 19.8 Å². The van der Waals surface area contributed by atoms with Gasteiger partial charge in [-0.1, -0.05) is 18.2 Å². The van der Waals surface area contributed by atoms with Crippen LogP contribution in [-0.4, -0.2) is 23.8 Å². The van der Waals surface area contributed by atoms with Gasteiger partial charge in [-0.2, -0.15) is 0 Å². The number of fused-ring (bicyclic) bond motifs is 1. The zero-order valence-corrected chi connectivity index (χ0v) is 17.8. The highest BCUT2D eigenvalue weighted by molar-refractivity contribution is 5.86. The van der Waals surface area contributed by atoms with Crippen molar-refractivity contribution in [3.8, 4) is 17.2 Å². The van der Waals surface area contributed by atoms with E-state index in [4.69, 9.17) is 9.47 Å². The van der Waals surface area contributed by atoms with E-state index in [1.54, 1.807) is 13.3 Å². The van der Waals surface area contributed by atoms with Crippen LogP contribution in [0.2, 0.25) is 0 Å². The Morgan fingerprint density at radius 1 is 1.10 bits per heavy atom. The molecule has 4 rings (SSSR count). The number of phenols is 1. The van der Waals surface area contributed by atoms with Crippen LogP contribution in [0.1, 0.15) is 29.7 Å². The van der Waals surface area contributed by atoms with Crippen molar-refractivity contribution in [3.05, 3.63) is 83.7 Å². The van der Waals surface area contributed by atoms with Crippen LogP contribution in [0, 0.1) is 6.92 Å².